The van der Waals surface area contributed by atoms with Gasteiger partial charge in [0.05, 0.1) is 6.61 Å². The quantitative estimate of drug-likeness (QED) is 0.201. The van der Waals surface area contributed by atoms with E-state index in [0.29, 0.717) is 18.2 Å². The Kier molecular flexibility index (Phi) is 9.12. The minimum Gasteiger partial charge on any atom is -0.494 e. The van der Waals surface area contributed by atoms with E-state index >= 15 is 0 Å². The van der Waals surface area contributed by atoms with E-state index in [1.54, 1.807) is 0 Å². The summed E-state index contributed by atoms with van der Waals surface area (Å²) < 4.78 is 16.1. The van der Waals surface area contributed by atoms with E-state index < -0.39 is 12.0 Å². The van der Waals surface area contributed by atoms with Crippen molar-refractivity contribution in [3.8, 4) is 11.5 Å². The summed E-state index contributed by atoms with van der Waals surface area (Å²) in [4.78, 5) is 21.7. The first-order valence-corrected chi connectivity index (χ1v) is 10.4. The van der Waals surface area contributed by atoms with Crippen LogP contribution in [0, 0.1) is 4.91 Å². The van der Waals surface area contributed by atoms with Crippen LogP contribution in [0.5, 0.6) is 11.5 Å². The number of alkyl halides is 1. The smallest absolute Gasteiger partial charge is 0.302 e. The van der Waals surface area contributed by atoms with E-state index in [0.717, 1.165) is 23.3 Å². The van der Waals surface area contributed by atoms with Crippen molar-refractivity contribution in [3.05, 3.63) is 64.6 Å². The van der Waals surface area contributed by atoms with Gasteiger partial charge in [0.15, 0.2) is 6.04 Å². The molecule has 7 heteroatoms. The van der Waals surface area contributed by atoms with Crippen LogP contribution in [0.1, 0.15) is 38.3 Å². The topological polar surface area (TPSA) is 74.2 Å². The average molecular weight is 434 g/mol. The molecule has 0 saturated heterocycles. The number of hydrogen-bond donors (Lipinski definition) is 0. The average Bonchev–Trinajstić information content (AvgIpc) is 2.74. The van der Waals surface area contributed by atoms with Gasteiger partial charge in [-0.3, -0.25) is 4.79 Å². The molecule has 2 aromatic rings. The first-order chi connectivity index (χ1) is 14.4. The van der Waals surface area contributed by atoms with Gasteiger partial charge in [0.2, 0.25) is 0 Å². The van der Waals surface area contributed by atoms with Gasteiger partial charge in [0.1, 0.15) is 24.7 Å². The third kappa shape index (κ3) is 7.02. The van der Waals surface area contributed by atoms with Crippen LogP contribution in [0.2, 0.25) is 0 Å². The highest BCUT2D eigenvalue weighted by atomic mass is 35.5. The van der Waals surface area contributed by atoms with Crippen molar-refractivity contribution < 1.29 is 19.0 Å². The Balaban J connectivity index is 1.98. The molecule has 1 atom stereocenters. The Morgan fingerprint density at radius 1 is 0.967 bits per heavy atom. The second-order valence-electron chi connectivity index (χ2n) is 7.44. The Hall–Kier alpha value is -2.60. The van der Waals surface area contributed by atoms with Gasteiger partial charge in [-0.2, -0.15) is 4.91 Å². The van der Waals surface area contributed by atoms with Crippen molar-refractivity contribution in [2.24, 2.45) is 5.18 Å². The molecule has 0 radical (unpaired) electrons. The molecule has 6 nitrogen and oxygen atoms in total. The monoisotopic (exact) mass is 433 g/mol. The van der Waals surface area contributed by atoms with Crippen LogP contribution in [0.25, 0.3) is 0 Å². The van der Waals surface area contributed by atoms with Crippen LogP contribution in [0.4, 0.5) is 0 Å². The third-order valence-electron chi connectivity index (χ3n) is 4.77. The minimum absolute atomic E-state index is 0.0463. The number of ether oxygens (including phenoxy) is 3. The summed E-state index contributed by atoms with van der Waals surface area (Å²) in [6.45, 7) is 6.15. The summed E-state index contributed by atoms with van der Waals surface area (Å²) in [6.07, 6.45) is 0.816. The van der Waals surface area contributed by atoms with E-state index in [2.05, 4.69) is 31.2 Å². The molecule has 0 aromatic heterocycles. The van der Waals surface area contributed by atoms with Crippen LogP contribution in [0.15, 0.2) is 53.7 Å². The SMILES string of the molecule is CC(=O)OCC(COc1ccc(C(C)(C)c2ccc(OCCCCl)cc2)cc1)N=O. The molecule has 0 aliphatic heterocycles. The molecule has 0 N–H and O–H groups in total. The molecule has 0 bridgehead atoms. The number of rotatable bonds is 12. The fourth-order valence-corrected chi connectivity index (χ4v) is 2.97. The largest absolute Gasteiger partial charge is 0.494 e. The number of carbonyl (C=O) groups excluding carboxylic acids is 1. The van der Waals surface area contributed by atoms with E-state index in [-0.39, 0.29) is 18.6 Å². The number of hydrogen-bond acceptors (Lipinski definition) is 6. The zero-order valence-electron chi connectivity index (χ0n) is 17.6. The number of carbonyl (C=O) groups is 1. The number of halogens is 1. The van der Waals surface area contributed by atoms with Crippen LogP contribution in [0.3, 0.4) is 0 Å². The molecular weight excluding hydrogens is 406 g/mol. The summed E-state index contributed by atoms with van der Waals surface area (Å²) in [5, 5.41) is 2.93. The lowest BCUT2D eigenvalue weighted by atomic mass is 9.78. The first kappa shape index (κ1) is 23.7. The van der Waals surface area contributed by atoms with Gasteiger partial charge in [0, 0.05) is 18.2 Å². The van der Waals surface area contributed by atoms with E-state index in [1.165, 1.54) is 6.92 Å². The molecule has 162 valence electrons. The van der Waals surface area contributed by atoms with Crippen LogP contribution >= 0.6 is 11.6 Å². The standard InChI is InChI=1S/C23H28ClNO5/c1-17(26)29-15-20(25-27)16-30-22-11-7-19(8-12-22)23(2,3)18-5-9-21(10-6-18)28-14-4-13-24/h5-12,20H,4,13-16H2,1-3H3. The summed E-state index contributed by atoms with van der Waals surface area (Å²) in [7, 11) is 0. The molecule has 0 fully saturated rings. The van der Waals surface area contributed by atoms with Crippen LogP contribution in [-0.2, 0) is 14.9 Å². The molecule has 2 aromatic carbocycles. The Morgan fingerprint density at radius 2 is 1.50 bits per heavy atom. The highest BCUT2D eigenvalue weighted by Crippen LogP contribution is 2.33. The van der Waals surface area contributed by atoms with Crippen molar-refractivity contribution in [2.75, 3.05) is 25.7 Å². The second-order valence-corrected chi connectivity index (χ2v) is 7.82. The molecule has 0 spiro atoms. The van der Waals surface area contributed by atoms with Gasteiger partial charge in [-0.15, -0.1) is 11.6 Å². The molecule has 2 rings (SSSR count). The highest BCUT2D eigenvalue weighted by molar-refractivity contribution is 6.17. The van der Waals surface area contributed by atoms with Crippen molar-refractivity contribution in [3.63, 3.8) is 0 Å². The molecule has 0 aliphatic carbocycles. The van der Waals surface area contributed by atoms with Crippen molar-refractivity contribution in [1.29, 1.82) is 0 Å². The Labute approximate surface area is 182 Å². The lowest BCUT2D eigenvalue weighted by molar-refractivity contribution is -0.141. The maximum atomic E-state index is 10.8. The summed E-state index contributed by atoms with van der Waals surface area (Å²) >= 11 is 5.67. The zero-order chi connectivity index (χ0) is 22.0. The van der Waals surface area contributed by atoms with Gasteiger partial charge < -0.3 is 14.2 Å². The summed E-state index contributed by atoms with van der Waals surface area (Å²) in [6, 6.07) is 15.0. The summed E-state index contributed by atoms with van der Waals surface area (Å²) in [5.41, 5.74) is 2.07. The van der Waals surface area contributed by atoms with Crippen molar-refractivity contribution in [1.82, 2.24) is 0 Å². The van der Waals surface area contributed by atoms with Crippen LogP contribution < -0.4 is 9.47 Å². The highest BCUT2D eigenvalue weighted by Gasteiger charge is 2.23. The number of benzene rings is 2. The lowest BCUT2D eigenvalue weighted by Crippen LogP contribution is -2.23. The fraction of sp³-hybridized carbons (Fsp3) is 0.435. The fourth-order valence-electron chi connectivity index (χ4n) is 2.86. The predicted molar refractivity (Wildman–Crippen MR) is 118 cm³/mol. The summed E-state index contributed by atoms with van der Waals surface area (Å²) in [5.74, 6) is 1.58. The number of nitrogens with zero attached hydrogens (tertiary/aromatic N) is 1. The van der Waals surface area contributed by atoms with E-state index in [4.69, 9.17) is 25.8 Å². The molecular formula is C23H28ClNO5. The van der Waals surface area contributed by atoms with Crippen LogP contribution in [-0.4, -0.2) is 37.7 Å². The first-order valence-electron chi connectivity index (χ1n) is 9.85. The number of esters is 1. The molecule has 0 saturated carbocycles. The Bertz CT molecular complexity index is 805. The third-order valence-corrected chi connectivity index (χ3v) is 5.04. The van der Waals surface area contributed by atoms with E-state index in [9.17, 15) is 9.70 Å². The maximum absolute atomic E-state index is 10.8. The van der Waals surface area contributed by atoms with Crippen molar-refractivity contribution >= 4 is 17.6 Å². The second kappa shape index (κ2) is 11.6. The van der Waals surface area contributed by atoms with E-state index in [1.807, 2.05) is 36.4 Å². The molecule has 0 heterocycles. The molecule has 0 aliphatic rings. The van der Waals surface area contributed by atoms with Gasteiger partial charge in [-0.1, -0.05) is 43.3 Å². The molecule has 0 amide bonds. The zero-order valence-corrected chi connectivity index (χ0v) is 18.4. The predicted octanol–water partition coefficient (Wildman–Crippen LogP) is 5.10. The lowest BCUT2D eigenvalue weighted by Gasteiger charge is -2.26. The van der Waals surface area contributed by atoms with Gasteiger partial charge in [-0.05, 0) is 41.8 Å². The minimum atomic E-state index is -0.741. The molecule has 30 heavy (non-hydrogen) atoms. The van der Waals surface area contributed by atoms with Crippen molar-refractivity contribution in [2.45, 2.75) is 38.6 Å². The van der Waals surface area contributed by atoms with Gasteiger partial charge in [-0.25, -0.2) is 0 Å². The normalized spacial score (nSPS) is 12.1. The number of nitroso groups, excluding NO2 is 1. The van der Waals surface area contributed by atoms with Gasteiger partial charge in [0.25, 0.3) is 0 Å². The van der Waals surface area contributed by atoms with Gasteiger partial charge >= 0.3 is 5.97 Å². The Morgan fingerprint density at radius 3 is 1.97 bits per heavy atom. The maximum Gasteiger partial charge on any atom is 0.302 e. The molecule has 1 unspecified atom stereocenters.